The Kier molecular flexibility index (Phi) is 10.1. The summed E-state index contributed by atoms with van der Waals surface area (Å²) in [4.78, 5) is 27.2. The summed E-state index contributed by atoms with van der Waals surface area (Å²) >= 11 is -11.1. The number of carbonyl (C=O) groups excluding carboxylic acids is 2. The summed E-state index contributed by atoms with van der Waals surface area (Å²) < 4.78 is 80.5. The third kappa shape index (κ3) is 15.6. The Hall–Kier alpha value is -3.31. The summed E-state index contributed by atoms with van der Waals surface area (Å²) in [7, 11) is -0.432. The van der Waals surface area contributed by atoms with Crippen LogP contribution in [0.1, 0.15) is 41.5 Å². The van der Waals surface area contributed by atoms with Crippen molar-refractivity contribution >= 4 is 37.4 Å². The molecule has 0 fully saturated rings. The minimum atomic E-state index is -11.1. The molecular weight excluding hydrogens is 653 g/mol. The minimum absolute atomic E-state index is 0.403. The van der Waals surface area contributed by atoms with Gasteiger partial charge in [-0.25, -0.2) is 9.59 Å². The van der Waals surface area contributed by atoms with Gasteiger partial charge in [0.15, 0.2) is 14.7 Å². The van der Waals surface area contributed by atoms with Crippen LogP contribution in [0, 0.1) is 0 Å². The van der Waals surface area contributed by atoms with Crippen molar-refractivity contribution in [3.63, 3.8) is 0 Å². The van der Waals surface area contributed by atoms with E-state index in [-0.39, 0.29) is 0 Å². The van der Waals surface area contributed by atoms with E-state index in [4.69, 9.17) is 18.9 Å². The van der Waals surface area contributed by atoms with Crippen molar-refractivity contribution in [3.8, 4) is 11.5 Å². The van der Waals surface area contributed by atoms with Crippen molar-refractivity contribution in [2.45, 2.75) is 67.4 Å². The van der Waals surface area contributed by atoms with Gasteiger partial charge in [-0.15, -0.1) is 0 Å². The molecule has 0 spiro atoms. The second-order valence-corrected chi connectivity index (χ2v) is 16.7. The Bertz CT molecular complexity index is 1270. The summed E-state index contributed by atoms with van der Waals surface area (Å²) in [6.07, 6.45) is -1.49. The van der Waals surface area contributed by atoms with Gasteiger partial charge in [-0.1, -0.05) is 18.2 Å². The molecule has 3 aromatic rings. The Morgan fingerprint density at radius 1 is 0.548 bits per heavy atom. The van der Waals surface area contributed by atoms with Crippen molar-refractivity contribution in [1.82, 2.24) is 0 Å². The number of hydrogen-bond donors (Lipinski definition) is 0. The molecule has 0 heterocycles. The third-order valence-corrected chi connectivity index (χ3v) is 6.51. The molecule has 0 amide bonds. The van der Waals surface area contributed by atoms with E-state index in [0.29, 0.717) is 11.5 Å². The SMILES string of the molecule is CC(C)(C)OC(=O)Oc1ccc([S+](c2ccccc2)c2ccc(OC(=O)OC(C)(C)C)cc2)cc1.F[As-](F)(F)(F)(F)F. The van der Waals surface area contributed by atoms with Gasteiger partial charge in [0.1, 0.15) is 22.7 Å². The van der Waals surface area contributed by atoms with Gasteiger partial charge in [0.2, 0.25) is 0 Å². The summed E-state index contributed by atoms with van der Waals surface area (Å²) in [5.41, 5.74) is -1.26. The van der Waals surface area contributed by atoms with E-state index in [1.165, 1.54) is 0 Å². The van der Waals surface area contributed by atoms with Crippen LogP contribution in [0.3, 0.4) is 0 Å². The summed E-state index contributed by atoms with van der Waals surface area (Å²) in [6.45, 7) is 10.7. The van der Waals surface area contributed by atoms with Gasteiger partial charge in [0.25, 0.3) is 0 Å². The first-order valence-corrected chi connectivity index (χ1v) is 17.7. The Morgan fingerprint density at radius 3 is 1.12 bits per heavy atom. The Labute approximate surface area is 244 Å². The molecule has 0 aliphatic heterocycles. The third-order valence-electron chi connectivity index (χ3n) is 4.28. The van der Waals surface area contributed by atoms with E-state index in [1.54, 1.807) is 65.8 Å². The molecule has 3 aromatic carbocycles. The van der Waals surface area contributed by atoms with Crippen LogP contribution in [0.2, 0.25) is 0 Å². The van der Waals surface area contributed by atoms with Crippen LogP contribution in [0.4, 0.5) is 30.4 Å². The Morgan fingerprint density at radius 2 is 0.833 bits per heavy atom. The molecule has 6 nitrogen and oxygen atoms in total. The molecular formula is C28H31AsF6O6S. The molecule has 0 aliphatic rings. The van der Waals surface area contributed by atoms with Crippen molar-refractivity contribution in [1.29, 1.82) is 0 Å². The van der Waals surface area contributed by atoms with E-state index < -0.39 is 48.6 Å². The zero-order valence-electron chi connectivity index (χ0n) is 23.6. The molecule has 0 radical (unpaired) electrons. The van der Waals surface area contributed by atoms with Crippen molar-refractivity contribution in [2.75, 3.05) is 0 Å². The van der Waals surface area contributed by atoms with Crippen LogP contribution < -0.4 is 9.47 Å². The number of rotatable bonds is 5. The summed E-state index contributed by atoms with van der Waals surface area (Å²) in [5, 5.41) is 0. The maximum absolute atomic E-state index is 12.0. The number of hydrogen-bond acceptors (Lipinski definition) is 6. The van der Waals surface area contributed by atoms with Crippen LogP contribution in [0.25, 0.3) is 0 Å². The van der Waals surface area contributed by atoms with Gasteiger partial charge in [0, 0.05) is 0 Å². The van der Waals surface area contributed by atoms with E-state index in [9.17, 15) is 30.4 Å². The fourth-order valence-electron chi connectivity index (χ4n) is 2.99. The predicted octanol–water partition coefficient (Wildman–Crippen LogP) is 9.55. The average molecular weight is 685 g/mol. The van der Waals surface area contributed by atoms with Crippen LogP contribution in [-0.4, -0.2) is 37.7 Å². The van der Waals surface area contributed by atoms with Crippen LogP contribution >= 0.6 is 0 Å². The molecule has 0 saturated carbocycles. The van der Waals surface area contributed by atoms with Crippen LogP contribution in [0.5, 0.6) is 11.5 Å². The molecule has 3 rings (SSSR count). The topological polar surface area (TPSA) is 71.1 Å². The molecule has 14 heteroatoms. The fourth-order valence-corrected chi connectivity index (χ4v) is 5.05. The number of ether oxygens (including phenoxy) is 4. The molecule has 0 unspecified atom stereocenters. The second kappa shape index (κ2) is 12.1. The van der Waals surface area contributed by atoms with Crippen LogP contribution in [0.15, 0.2) is 93.5 Å². The average Bonchev–Trinajstić information content (AvgIpc) is 2.78. The molecule has 232 valence electrons. The fraction of sp³-hybridized carbons (Fsp3) is 0.286. The first kappa shape index (κ1) is 34.9. The van der Waals surface area contributed by atoms with Crippen molar-refractivity contribution in [3.05, 3.63) is 78.9 Å². The van der Waals surface area contributed by atoms with Gasteiger partial charge < -0.3 is 18.9 Å². The normalized spacial score (nSPS) is 13.5. The molecule has 0 aromatic heterocycles. The first-order chi connectivity index (χ1) is 18.8. The van der Waals surface area contributed by atoms with Gasteiger partial charge >= 0.3 is 47.3 Å². The number of carbonyl (C=O) groups is 2. The van der Waals surface area contributed by atoms with E-state index >= 15 is 0 Å². The summed E-state index contributed by atoms with van der Waals surface area (Å²) in [5.74, 6) is 0.807. The molecule has 0 bridgehead atoms. The maximum atomic E-state index is 12.0. The predicted molar refractivity (Wildman–Crippen MR) is 148 cm³/mol. The van der Waals surface area contributed by atoms with E-state index in [1.807, 2.05) is 42.5 Å². The Balaban J connectivity index is 0.000000782. The van der Waals surface area contributed by atoms with Crippen molar-refractivity contribution in [2.24, 2.45) is 0 Å². The number of halogens is 6. The van der Waals surface area contributed by atoms with Gasteiger partial charge in [-0.3, -0.25) is 0 Å². The van der Waals surface area contributed by atoms with Crippen molar-refractivity contribution < 1.29 is 49.3 Å². The molecule has 0 N–H and O–H groups in total. The zero-order chi connectivity index (χ0) is 32.0. The first-order valence-electron chi connectivity index (χ1n) is 12.2. The summed E-state index contributed by atoms with van der Waals surface area (Å²) in [6, 6.07) is 24.8. The second-order valence-electron chi connectivity index (χ2n) is 10.7. The van der Waals surface area contributed by atoms with E-state index in [2.05, 4.69) is 12.1 Å². The quantitative estimate of drug-likeness (QED) is 0.0877. The number of benzene rings is 3. The standard InChI is InChI=1S/C28H31O6S.AsF6/c1-27(2,3)33-25(29)31-20-12-16-23(17-13-20)35(22-10-8-7-9-11-22)24-18-14-21(15-19-24)32-26(30)34-28(4,5)6;2-1(3,4,5,6)7/h7-19H,1-6H3;/q+1;-1. The van der Waals surface area contributed by atoms with Crippen LogP contribution in [-0.2, 0) is 20.4 Å². The molecule has 42 heavy (non-hydrogen) atoms. The molecule has 0 aliphatic carbocycles. The van der Waals surface area contributed by atoms with Gasteiger partial charge in [0.05, 0.1) is 10.9 Å². The van der Waals surface area contributed by atoms with E-state index in [0.717, 1.165) is 14.7 Å². The molecule has 0 saturated heterocycles. The van der Waals surface area contributed by atoms with Gasteiger partial charge in [-0.2, -0.15) is 0 Å². The monoisotopic (exact) mass is 684 g/mol. The van der Waals surface area contributed by atoms with Gasteiger partial charge in [-0.05, 0) is 102 Å². The molecule has 0 atom stereocenters. The zero-order valence-corrected chi connectivity index (χ0v) is 26.3.